The molecule has 3 heterocycles. The Kier molecular flexibility index (Phi) is 4.78. The first kappa shape index (κ1) is 17.5. The third-order valence-corrected chi connectivity index (χ3v) is 4.95. The van der Waals surface area contributed by atoms with Crippen LogP contribution in [0.4, 0.5) is 0 Å². The molecule has 0 aliphatic heterocycles. The minimum absolute atomic E-state index is 0.0722. The lowest BCUT2D eigenvalue weighted by Crippen LogP contribution is -2.08. The summed E-state index contributed by atoms with van der Waals surface area (Å²) in [5.41, 5.74) is 0.630. The minimum Gasteiger partial charge on any atom is -0.456 e. The molecule has 4 rings (SSSR count). The van der Waals surface area contributed by atoms with Gasteiger partial charge in [0.15, 0.2) is 16.5 Å². The normalized spacial score (nSPS) is 10.9. The van der Waals surface area contributed by atoms with Gasteiger partial charge < -0.3 is 9.15 Å². The molecular formula is C18H10BrN3O4S. The summed E-state index contributed by atoms with van der Waals surface area (Å²) < 4.78 is 11.3. The molecule has 0 fully saturated rings. The number of carbonyl (C=O) groups excluding carboxylic acids is 1. The van der Waals surface area contributed by atoms with Crippen molar-refractivity contribution in [2.24, 2.45) is 0 Å². The van der Waals surface area contributed by atoms with Crippen LogP contribution in [0.15, 0.2) is 61.8 Å². The number of hydrogen-bond donors (Lipinski definition) is 0. The SMILES string of the molecule is O=C(OCc1cc(=O)oc2cc(Br)ccc12)c1csc(-c2ncccn2)n1. The summed E-state index contributed by atoms with van der Waals surface area (Å²) >= 11 is 4.58. The molecule has 0 N–H and O–H groups in total. The second-order valence-corrected chi connectivity index (χ2v) is 7.19. The van der Waals surface area contributed by atoms with E-state index < -0.39 is 11.6 Å². The zero-order valence-corrected chi connectivity index (χ0v) is 16.0. The average Bonchev–Trinajstić information content (AvgIpc) is 3.16. The molecule has 0 aliphatic rings. The number of benzene rings is 1. The first-order chi connectivity index (χ1) is 13.1. The standard InChI is InChI=1S/C18H10BrN3O4S/c19-11-2-3-12-10(6-15(23)26-14(12)7-11)8-25-18(24)13-9-27-17(22-13)16-20-4-1-5-21-16/h1-7,9H,8H2. The summed E-state index contributed by atoms with van der Waals surface area (Å²) in [6, 6.07) is 8.31. The molecule has 134 valence electrons. The predicted octanol–water partition coefficient (Wildman–Crippen LogP) is 3.83. The molecule has 1 aromatic carbocycles. The molecule has 0 saturated carbocycles. The van der Waals surface area contributed by atoms with Crippen molar-refractivity contribution in [2.75, 3.05) is 0 Å². The van der Waals surface area contributed by atoms with Crippen LogP contribution in [-0.4, -0.2) is 20.9 Å². The van der Waals surface area contributed by atoms with Gasteiger partial charge in [-0.3, -0.25) is 0 Å². The van der Waals surface area contributed by atoms with Crippen molar-refractivity contribution in [3.05, 3.63) is 74.3 Å². The maximum absolute atomic E-state index is 12.3. The van der Waals surface area contributed by atoms with Crippen LogP contribution in [0.2, 0.25) is 0 Å². The zero-order chi connectivity index (χ0) is 18.8. The van der Waals surface area contributed by atoms with Crippen molar-refractivity contribution in [3.8, 4) is 10.8 Å². The van der Waals surface area contributed by atoms with Gasteiger partial charge in [-0.2, -0.15) is 0 Å². The van der Waals surface area contributed by atoms with Crippen molar-refractivity contribution < 1.29 is 13.9 Å². The van der Waals surface area contributed by atoms with E-state index in [9.17, 15) is 9.59 Å². The van der Waals surface area contributed by atoms with E-state index in [1.54, 1.807) is 36.0 Å². The van der Waals surface area contributed by atoms with E-state index in [1.807, 2.05) is 6.07 Å². The average molecular weight is 444 g/mol. The fourth-order valence-electron chi connectivity index (χ4n) is 2.42. The number of fused-ring (bicyclic) bond motifs is 1. The molecule has 0 aliphatic carbocycles. The number of aromatic nitrogens is 3. The van der Waals surface area contributed by atoms with Gasteiger partial charge in [-0.05, 0) is 24.3 Å². The summed E-state index contributed by atoms with van der Waals surface area (Å²) in [6.07, 6.45) is 3.21. The topological polar surface area (TPSA) is 95.2 Å². The maximum Gasteiger partial charge on any atom is 0.358 e. The number of carbonyl (C=O) groups is 1. The van der Waals surface area contributed by atoms with E-state index in [-0.39, 0.29) is 12.3 Å². The van der Waals surface area contributed by atoms with Gasteiger partial charge in [0, 0.05) is 39.3 Å². The van der Waals surface area contributed by atoms with Gasteiger partial charge in [0.1, 0.15) is 12.2 Å². The smallest absolute Gasteiger partial charge is 0.358 e. The van der Waals surface area contributed by atoms with E-state index in [2.05, 4.69) is 30.9 Å². The number of nitrogens with zero attached hydrogens (tertiary/aromatic N) is 3. The Morgan fingerprint density at radius 2 is 2.04 bits per heavy atom. The highest BCUT2D eigenvalue weighted by molar-refractivity contribution is 9.10. The van der Waals surface area contributed by atoms with Crippen molar-refractivity contribution in [1.29, 1.82) is 0 Å². The molecule has 0 amide bonds. The lowest BCUT2D eigenvalue weighted by Gasteiger charge is -2.06. The second kappa shape index (κ2) is 7.37. The molecule has 27 heavy (non-hydrogen) atoms. The first-order valence-electron chi connectivity index (χ1n) is 7.72. The Bertz CT molecular complexity index is 1190. The Hall–Kier alpha value is -2.91. The molecule has 0 saturated heterocycles. The summed E-state index contributed by atoms with van der Waals surface area (Å²) in [5, 5.41) is 2.81. The van der Waals surface area contributed by atoms with Crippen LogP contribution in [0.25, 0.3) is 21.8 Å². The lowest BCUT2D eigenvalue weighted by molar-refractivity contribution is 0.0468. The monoisotopic (exact) mass is 443 g/mol. The number of thiazole rings is 1. The lowest BCUT2D eigenvalue weighted by atomic mass is 10.1. The minimum atomic E-state index is -0.591. The molecule has 9 heteroatoms. The molecule has 4 aromatic rings. The summed E-state index contributed by atoms with van der Waals surface area (Å²) in [5.74, 6) is -0.147. The zero-order valence-electron chi connectivity index (χ0n) is 13.6. The Morgan fingerprint density at radius 3 is 2.85 bits per heavy atom. The highest BCUT2D eigenvalue weighted by Gasteiger charge is 2.16. The van der Waals surface area contributed by atoms with Gasteiger partial charge in [-0.15, -0.1) is 11.3 Å². The molecule has 3 aromatic heterocycles. The van der Waals surface area contributed by atoms with Gasteiger partial charge >= 0.3 is 11.6 Å². The predicted molar refractivity (Wildman–Crippen MR) is 102 cm³/mol. The summed E-state index contributed by atoms with van der Waals surface area (Å²) in [4.78, 5) is 36.5. The highest BCUT2D eigenvalue weighted by atomic mass is 79.9. The van der Waals surface area contributed by atoms with Crippen LogP contribution in [0, 0.1) is 0 Å². The van der Waals surface area contributed by atoms with E-state index in [0.29, 0.717) is 27.4 Å². The van der Waals surface area contributed by atoms with Gasteiger partial charge in [0.2, 0.25) is 0 Å². The molecule has 0 spiro atoms. The van der Waals surface area contributed by atoms with Crippen molar-refractivity contribution in [3.63, 3.8) is 0 Å². The van der Waals surface area contributed by atoms with Crippen LogP contribution < -0.4 is 5.63 Å². The number of halogens is 1. The highest BCUT2D eigenvalue weighted by Crippen LogP contribution is 2.23. The Balaban J connectivity index is 1.54. The molecule has 7 nitrogen and oxygen atoms in total. The Labute approximate surface area is 164 Å². The van der Waals surface area contributed by atoms with Gasteiger partial charge in [-0.25, -0.2) is 24.5 Å². The molecule has 0 radical (unpaired) electrons. The maximum atomic E-state index is 12.3. The first-order valence-corrected chi connectivity index (χ1v) is 9.40. The molecule has 0 unspecified atom stereocenters. The summed E-state index contributed by atoms with van der Waals surface area (Å²) in [6.45, 7) is -0.0722. The quantitative estimate of drug-likeness (QED) is 0.349. The van der Waals surface area contributed by atoms with Gasteiger partial charge in [-0.1, -0.05) is 15.9 Å². The Morgan fingerprint density at radius 1 is 1.22 bits per heavy atom. The fraction of sp³-hybridized carbons (Fsp3) is 0.0556. The number of rotatable bonds is 4. The third-order valence-electron chi connectivity index (χ3n) is 3.62. The largest absolute Gasteiger partial charge is 0.456 e. The van der Waals surface area contributed by atoms with Crippen molar-refractivity contribution in [1.82, 2.24) is 15.0 Å². The van der Waals surface area contributed by atoms with Crippen molar-refractivity contribution in [2.45, 2.75) is 6.61 Å². The summed E-state index contributed by atoms with van der Waals surface area (Å²) in [7, 11) is 0. The van der Waals surface area contributed by atoms with Crippen LogP contribution in [0.3, 0.4) is 0 Å². The fourth-order valence-corrected chi connectivity index (χ4v) is 3.49. The number of hydrogen-bond acceptors (Lipinski definition) is 8. The number of esters is 1. The molecule has 0 bridgehead atoms. The van der Waals surface area contributed by atoms with Gasteiger partial charge in [0.25, 0.3) is 0 Å². The molecular weight excluding hydrogens is 434 g/mol. The third kappa shape index (κ3) is 3.79. The van der Waals surface area contributed by atoms with E-state index >= 15 is 0 Å². The second-order valence-electron chi connectivity index (χ2n) is 5.42. The van der Waals surface area contributed by atoms with Crippen LogP contribution in [0.5, 0.6) is 0 Å². The van der Waals surface area contributed by atoms with Gasteiger partial charge in [0.05, 0.1) is 0 Å². The van der Waals surface area contributed by atoms with Crippen LogP contribution in [-0.2, 0) is 11.3 Å². The van der Waals surface area contributed by atoms with Crippen LogP contribution >= 0.6 is 27.3 Å². The number of ether oxygens (including phenoxy) is 1. The van der Waals surface area contributed by atoms with Crippen molar-refractivity contribution >= 4 is 44.2 Å². The molecule has 0 atom stereocenters. The van der Waals surface area contributed by atoms with E-state index in [4.69, 9.17) is 9.15 Å². The van der Waals surface area contributed by atoms with E-state index in [0.717, 1.165) is 4.47 Å². The van der Waals surface area contributed by atoms with Crippen LogP contribution in [0.1, 0.15) is 16.1 Å². The van der Waals surface area contributed by atoms with E-state index in [1.165, 1.54) is 17.4 Å².